The Labute approximate surface area is 140 Å². The number of hydrogen-bond acceptors (Lipinski definition) is 3. The second-order valence-electron chi connectivity index (χ2n) is 3.80. The van der Waals surface area contributed by atoms with E-state index >= 15 is 0 Å². The SMILES string of the molecule is C=CCOc1ccccc1C(=O)Oc1ccccc1.[NaH]. The molecule has 0 aliphatic carbocycles. The molecule has 3 nitrogen and oxygen atoms in total. The van der Waals surface area contributed by atoms with E-state index in [4.69, 9.17) is 9.47 Å². The summed E-state index contributed by atoms with van der Waals surface area (Å²) in [4.78, 5) is 12.1. The molecule has 0 radical (unpaired) electrons. The summed E-state index contributed by atoms with van der Waals surface area (Å²) >= 11 is 0. The molecular formula is C16H15NaO3. The van der Waals surface area contributed by atoms with Crippen molar-refractivity contribution in [1.29, 1.82) is 0 Å². The van der Waals surface area contributed by atoms with Gasteiger partial charge in [0.15, 0.2) is 0 Å². The molecule has 20 heavy (non-hydrogen) atoms. The normalized spacial score (nSPS) is 9.20. The monoisotopic (exact) mass is 278 g/mol. The summed E-state index contributed by atoms with van der Waals surface area (Å²) in [6.45, 7) is 3.92. The van der Waals surface area contributed by atoms with Crippen LogP contribution in [-0.4, -0.2) is 42.1 Å². The van der Waals surface area contributed by atoms with Crippen molar-refractivity contribution in [1.82, 2.24) is 0 Å². The molecular weight excluding hydrogens is 263 g/mol. The van der Waals surface area contributed by atoms with Gasteiger partial charge >= 0.3 is 35.5 Å². The molecule has 2 rings (SSSR count). The van der Waals surface area contributed by atoms with Gasteiger partial charge in [-0.2, -0.15) is 0 Å². The molecule has 98 valence electrons. The van der Waals surface area contributed by atoms with E-state index in [1.54, 1.807) is 42.5 Å². The molecule has 0 bridgehead atoms. The topological polar surface area (TPSA) is 35.5 Å². The average Bonchev–Trinajstić information content (AvgIpc) is 2.46. The first kappa shape index (κ1) is 16.5. The molecule has 0 unspecified atom stereocenters. The van der Waals surface area contributed by atoms with Gasteiger partial charge in [0.2, 0.25) is 0 Å². The van der Waals surface area contributed by atoms with E-state index in [1.165, 1.54) is 0 Å². The Morgan fingerprint density at radius 1 is 1.05 bits per heavy atom. The van der Waals surface area contributed by atoms with Crippen LogP contribution < -0.4 is 9.47 Å². The van der Waals surface area contributed by atoms with E-state index in [-0.39, 0.29) is 29.6 Å². The van der Waals surface area contributed by atoms with Crippen LogP contribution in [0.25, 0.3) is 0 Å². The number of ether oxygens (including phenoxy) is 2. The molecule has 0 heterocycles. The first-order chi connectivity index (χ1) is 9.31. The van der Waals surface area contributed by atoms with Crippen molar-refractivity contribution in [2.75, 3.05) is 6.61 Å². The van der Waals surface area contributed by atoms with Crippen LogP contribution in [0.2, 0.25) is 0 Å². The molecule has 0 spiro atoms. The van der Waals surface area contributed by atoms with E-state index in [2.05, 4.69) is 6.58 Å². The van der Waals surface area contributed by atoms with Crippen molar-refractivity contribution in [2.45, 2.75) is 0 Å². The van der Waals surface area contributed by atoms with Gasteiger partial charge in [0, 0.05) is 0 Å². The zero-order valence-electron chi connectivity index (χ0n) is 10.4. The number of carbonyl (C=O) groups excluding carboxylic acids is 1. The van der Waals surface area contributed by atoms with Crippen LogP contribution in [0.5, 0.6) is 11.5 Å². The van der Waals surface area contributed by atoms with Crippen molar-refractivity contribution < 1.29 is 14.3 Å². The average molecular weight is 278 g/mol. The fraction of sp³-hybridized carbons (Fsp3) is 0.0625. The Balaban J connectivity index is 0.00000200. The molecule has 0 atom stereocenters. The van der Waals surface area contributed by atoms with Crippen LogP contribution in [0.4, 0.5) is 0 Å². The molecule has 0 saturated heterocycles. The van der Waals surface area contributed by atoms with Gasteiger partial charge < -0.3 is 9.47 Å². The second kappa shape index (κ2) is 8.59. The zero-order valence-corrected chi connectivity index (χ0v) is 10.4. The molecule has 0 aliphatic rings. The quantitative estimate of drug-likeness (QED) is 0.365. The van der Waals surface area contributed by atoms with Crippen LogP contribution in [0.3, 0.4) is 0 Å². The number of para-hydroxylation sites is 2. The van der Waals surface area contributed by atoms with E-state index in [0.29, 0.717) is 23.7 Å². The summed E-state index contributed by atoms with van der Waals surface area (Å²) in [6, 6.07) is 15.9. The molecule has 4 heteroatoms. The predicted octanol–water partition coefficient (Wildman–Crippen LogP) is 2.82. The van der Waals surface area contributed by atoms with Crippen molar-refractivity contribution >= 4 is 35.5 Å². The summed E-state index contributed by atoms with van der Waals surface area (Å²) in [5.41, 5.74) is 0.396. The van der Waals surface area contributed by atoms with Gasteiger partial charge in [-0.15, -0.1) is 0 Å². The van der Waals surface area contributed by atoms with Crippen molar-refractivity contribution in [3.05, 3.63) is 72.8 Å². The molecule has 2 aromatic rings. The van der Waals surface area contributed by atoms with Crippen LogP contribution >= 0.6 is 0 Å². The minimum absolute atomic E-state index is 0. The first-order valence-corrected chi connectivity index (χ1v) is 5.91. The van der Waals surface area contributed by atoms with E-state index in [0.717, 1.165) is 0 Å². The summed E-state index contributed by atoms with van der Waals surface area (Å²) in [5.74, 6) is 0.556. The fourth-order valence-electron chi connectivity index (χ4n) is 1.56. The van der Waals surface area contributed by atoms with Crippen LogP contribution in [0.1, 0.15) is 10.4 Å². The Morgan fingerprint density at radius 2 is 1.70 bits per heavy atom. The third-order valence-electron chi connectivity index (χ3n) is 2.42. The maximum atomic E-state index is 12.1. The van der Waals surface area contributed by atoms with Crippen LogP contribution in [0, 0.1) is 0 Å². The molecule has 0 N–H and O–H groups in total. The third-order valence-corrected chi connectivity index (χ3v) is 2.42. The standard InChI is InChI=1S/C16H14O3.Na.H/c1-2-12-18-15-11-7-6-10-14(15)16(17)19-13-8-4-3-5-9-13;;/h2-11H,1,12H2;;. The molecule has 0 fully saturated rings. The van der Waals surface area contributed by atoms with E-state index in [9.17, 15) is 4.79 Å². The van der Waals surface area contributed by atoms with Crippen molar-refractivity contribution in [2.24, 2.45) is 0 Å². The van der Waals surface area contributed by atoms with E-state index in [1.807, 2.05) is 18.2 Å². The Morgan fingerprint density at radius 3 is 2.40 bits per heavy atom. The first-order valence-electron chi connectivity index (χ1n) is 5.91. The molecule has 0 aliphatic heterocycles. The van der Waals surface area contributed by atoms with Gasteiger partial charge in [0.05, 0.1) is 0 Å². The van der Waals surface area contributed by atoms with Crippen LogP contribution in [-0.2, 0) is 0 Å². The van der Waals surface area contributed by atoms with Gasteiger partial charge in [0.1, 0.15) is 23.7 Å². The predicted molar refractivity (Wildman–Crippen MR) is 80.7 cm³/mol. The number of hydrogen-bond donors (Lipinski definition) is 0. The summed E-state index contributed by atoms with van der Waals surface area (Å²) in [6.07, 6.45) is 1.62. The van der Waals surface area contributed by atoms with Crippen molar-refractivity contribution in [3.8, 4) is 11.5 Å². The second-order valence-corrected chi connectivity index (χ2v) is 3.80. The van der Waals surface area contributed by atoms with Gasteiger partial charge in [-0.1, -0.05) is 43.0 Å². The Kier molecular flexibility index (Phi) is 7.09. The Hall–Kier alpha value is -1.55. The van der Waals surface area contributed by atoms with Gasteiger partial charge in [-0.25, -0.2) is 4.79 Å². The van der Waals surface area contributed by atoms with Gasteiger partial charge in [-0.05, 0) is 24.3 Å². The summed E-state index contributed by atoms with van der Waals surface area (Å²) in [7, 11) is 0. The summed E-state index contributed by atoms with van der Waals surface area (Å²) in [5, 5.41) is 0. The number of benzene rings is 2. The maximum absolute atomic E-state index is 12.1. The number of esters is 1. The number of carbonyl (C=O) groups is 1. The molecule has 0 amide bonds. The third kappa shape index (κ3) is 4.53. The minimum atomic E-state index is -0.439. The Bertz CT molecular complexity index is 567. The van der Waals surface area contributed by atoms with Crippen molar-refractivity contribution in [3.63, 3.8) is 0 Å². The van der Waals surface area contributed by atoms with E-state index < -0.39 is 5.97 Å². The molecule has 0 aromatic heterocycles. The summed E-state index contributed by atoms with van der Waals surface area (Å²) < 4.78 is 10.7. The van der Waals surface area contributed by atoms with Crippen LogP contribution in [0.15, 0.2) is 67.3 Å². The molecule has 2 aromatic carbocycles. The zero-order chi connectivity index (χ0) is 13.5. The number of rotatable bonds is 5. The van der Waals surface area contributed by atoms with Gasteiger partial charge in [0.25, 0.3) is 0 Å². The van der Waals surface area contributed by atoms with Gasteiger partial charge in [-0.3, -0.25) is 0 Å². The molecule has 0 saturated carbocycles. The fourth-order valence-corrected chi connectivity index (χ4v) is 1.56.